The van der Waals surface area contributed by atoms with Gasteiger partial charge in [0.1, 0.15) is 5.75 Å². The molecule has 0 bridgehead atoms. The molecule has 0 aliphatic rings. The average Bonchev–Trinajstić information content (AvgIpc) is 2.43. The van der Waals surface area contributed by atoms with Crippen LogP contribution in [0.1, 0.15) is 5.56 Å². The minimum atomic E-state index is -0.669. The Hall–Kier alpha value is -2.60. The van der Waals surface area contributed by atoms with E-state index < -0.39 is 10.8 Å². The van der Waals surface area contributed by atoms with E-state index >= 15 is 0 Å². The third-order valence-corrected chi connectivity index (χ3v) is 3.01. The fraction of sp³-hybridized carbons (Fsp3) is 0.0714. The molecular weight excluding hydrogens is 296 g/mol. The van der Waals surface area contributed by atoms with E-state index in [1.807, 2.05) is 0 Å². The molecule has 0 saturated carbocycles. The number of rotatable bonds is 4. The SMILES string of the molecule is O=C(Cc1ccc(Cl)cc1)Nc1c(O)cccc1[N+](=O)[O-]. The largest absolute Gasteiger partial charge is 0.505 e. The molecule has 0 heterocycles. The van der Waals surface area contributed by atoms with Gasteiger partial charge in [-0.3, -0.25) is 14.9 Å². The van der Waals surface area contributed by atoms with Crippen LogP contribution < -0.4 is 5.32 Å². The molecule has 0 aliphatic carbocycles. The average molecular weight is 307 g/mol. The van der Waals surface area contributed by atoms with Crippen molar-refractivity contribution in [3.05, 3.63) is 63.2 Å². The Morgan fingerprint density at radius 2 is 1.90 bits per heavy atom. The zero-order valence-corrected chi connectivity index (χ0v) is 11.5. The first-order valence-corrected chi connectivity index (χ1v) is 6.36. The summed E-state index contributed by atoms with van der Waals surface area (Å²) >= 11 is 5.75. The number of hydrogen-bond donors (Lipinski definition) is 2. The number of hydrogen-bond acceptors (Lipinski definition) is 4. The first-order valence-electron chi connectivity index (χ1n) is 5.98. The zero-order valence-electron chi connectivity index (χ0n) is 10.7. The van der Waals surface area contributed by atoms with Crippen molar-refractivity contribution in [1.82, 2.24) is 0 Å². The fourth-order valence-corrected chi connectivity index (χ4v) is 1.91. The van der Waals surface area contributed by atoms with Crippen LogP contribution in [0.5, 0.6) is 5.75 Å². The van der Waals surface area contributed by atoms with Crippen LogP contribution in [0.4, 0.5) is 11.4 Å². The Morgan fingerprint density at radius 3 is 2.52 bits per heavy atom. The molecule has 2 aromatic rings. The van der Waals surface area contributed by atoms with E-state index in [0.29, 0.717) is 10.6 Å². The van der Waals surface area contributed by atoms with Crippen LogP contribution >= 0.6 is 11.6 Å². The lowest BCUT2D eigenvalue weighted by Crippen LogP contribution is -2.15. The van der Waals surface area contributed by atoms with Gasteiger partial charge in [0, 0.05) is 11.1 Å². The number of carbonyl (C=O) groups is 1. The van der Waals surface area contributed by atoms with Crippen molar-refractivity contribution < 1.29 is 14.8 Å². The summed E-state index contributed by atoms with van der Waals surface area (Å²) in [5.74, 6) is -0.824. The van der Waals surface area contributed by atoms with Crippen molar-refractivity contribution in [2.75, 3.05) is 5.32 Å². The molecule has 0 aliphatic heterocycles. The van der Waals surface area contributed by atoms with Crippen LogP contribution in [0.3, 0.4) is 0 Å². The molecule has 1 amide bonds. The molecule has 2 aromatic carbocycles. The standard InChI is InChI=1S/C14H11ClN2O4/c15-10-6-4-9(5-7-10)8-13(19)16-14-11(17(20)21)2-1-3-12(14)18/h1-7,18H,8H2,(H,16,19). The molecule has 2 N–H and O–H groups in total. The minimum Gasteiger partial charge on any atom is -0.505 e. The highest BCUT2D eigenvalue weighted by molar-refractivity contribution is 6.30. The van der Waals surface area contributed by atoms with Gasteiger partial charge in [0.2, 0.25) is 5.91 Å². The number of amides is 1. The van der Waals surface area contributed by atoms with Crippen LogP contribution in [0.2, 0.25) is 5.02 Å². The van der Waals surface area contributed by atoms with Gasteiger partial charge in [0.05, 0.1) is 11.3 Å². The highest BCUT2D eigenvalue weighted by Gasteiger charge is 2.19. The van der Waals surface area contributed by atoms with E-state index in [9.17, 15) is 20.0 Å². The van der Waals surface area contributed by atoms with Crippen LogP contribution in [-0.4, -0.2) is 15.9 Å². The number of nitrogens with zero attached hydrogens (tertiary/aromatic N) is 1. The number of halogens is 1. The van der Waals surface area contributed by atoms with Gasteiger partial charge in [0.15, 0.2) is 5.69 Å². The van der Waals surface area contributed by atoms with E-state index in [-0.39, 0.29) is 23.5 Å². The van der Waals surface area contributed by atoms with Crippen molar-refractivity contribution in [3.8, 4) is 5.75 Å². The zero-order chi connectivity index (χ0) is 15.4. The van der Waals surface area contributed by atoms with E-state index in [1.54, 1.807) is 24.3 Å². The summed E-state index contributed by atoms with van der Waals surface area (Å²) in [6.07, 6.45) is 0.0165. The summed E-state index contributed by atoms with van der Waals surface area (Å²) in [5, 5.41) is 23.4. The summed E-state index contributed by atoms with van der Waals surface area (Å²) in [4.78, 5) is 22.1. The van der Waals surface area contributed by atoms with Crippen molar-refractivity contribution in [1.29, 1.82) is 0 Å². The van der Waals surface area contributed by atoms with Crippen LogP contribution in [-0.2, 0) is 11.2 Å². The molecule has 0 unspecified atom stereocenters. The van der Waals surface area contributed by atoms with Crippen molar-refractivity contribution in [3.63, 3.8) is 0 Å². The van der Waals surface area contributed by atoms with Gasteiger partial charge in [-0.2, -0.15) is 0 Å². The monoisotopic (exact) mass is 306 g/mol. The molecule has 21 heavy (non-hydrogen) atoms. The molecule has 2 rings (SSSR count). The van der Waals surface area contributed by atoms with Crippen molar-refractivity contribution in [2.45, 2.75) is 6.42 Å². The lowest BCUT2D eigenvalue weighted by molar-refractivity contribution is -0.384. The number of aromatic hydroxyl groups is 1. The second-order valence-corrected chi connectivity index (χ2v) is 4.72. The summed E-state index contributed by atoms with van der Waals surface area (Å²) in [7, 11) is 0. The first-order chi connectivity index (χ1) is 9.97. The number of nitrogens with one attached hydrogen (secondary N) is 1. The minimum absolute atomic E-state index is 0.0165. The van der Waals surface area contributed by atoms with Gasteiger partial charge in [0.25, 0.3) is 5.69 Å². The Morgan fingerprint density at radius 1 is 1.24 bits per heavy atom. The number of para-hydroxylation sites is 1. The Labute approximate surface area is 125 Å². The maximum Gasteiger partial charge on any atom is 0.296 e. The Kier molecular flexibility index (Phi) is 4.39. The topological polar surface area (TPSA) is 92.5 Å². The molecule has 108 valence electrons. The predicted octanol–water partition coefficient (Wildman–Crippen LogP) is 3.14. The third-order valence-electron chi connectivity index (χ3n) is 2.76. The lowest BCUT2D eigenvalue weighted by Gasteiger charge is -2.08. The maximum absolute atomic E-state index is 11.9. The number of benzene rings is 2. The number of phenols is 1. The summed E-state index contributed by atoms with van der Waals surface area (Å²) < 4.78 is 0. The molecule has 0 atom stereocenters. The molecule has 6 nitrogen and oxygen atoms in total. The Balaban J connectivity index is 2.16. The summed E-state index contributed by atoms with van der Waals surface area (Å²) in [6, 6.07) is 10.5. The lowest BCUT2D eigenvalue weighted by atomic mass is 10.1. The third kappa shape index (κ3) is 3.70. The van der Waals surface area contributed by atoms with E-state index in [1.165, 1.54) is 18.2 Å². The van der Waals surface area contributed by atoms with Gasteiger partial charge in [-0.15, -0.1) is 0 Å². The van der Waals surface area contributed by atoms with Crippen molar-refractivity contribution >= 4 is 28.9 Å². The van der Waals surface area contributed by atoms with E-state index in [0.717, 1.165) is 0 Å². The van der Waals surface area contributed by atoms with Gasteiger partial charge in [-0.1, -0.05) is 29.8 Å². The van der Waals surface area contributed by atoms with Crippen LogP contribution in [0, 0.1) is 10.1 Å². The highest BCUT2D eigenvalue weighted by Crippen LogP contribution is 2.33. The van der Waals surface area contributed by atoms with Crippen LogP contribution in [0.25, 0.3) is 0 Å². The number of anilines is 1. The van der Waals surface area contributed by atoms with Gasteiger partial charge in [-0.25, -0.2) is 0 Å². The second kappa shape index (κ2) is 6.23. The smallest absolute Gasteiger partial charge is 0.296 e. The molecule has 0 spiro atoms. The quantitative estimate of drug-likeness (QED) is 0.515. The normalized spacial score (nSPS) is 10.1. The predicted molar refractivity (Wildman–Crippen MR) is 78.5 cm³/mol. The molecular formula is C14H11ClN2O4. The number of nitro benzene ring substituents is 1. The summed E-state index contributed by atoms with van der Waals surface area (Å²) in [6.45, 7) is 0. The van der Waals surface area contributed by atoms with Gasteiger partial charge < -0.3 is 10.4 Å². The first kappa shape index (κ1) is 14.8. The van der Waals surface area contributed by atoms with Crippen LogP contribution in [0.15, 0.2) is 42.5 Å². The molecule has 0 fully saturated rings. The fourth-order valence-electron chi connectivity index (χ4n) is 1.78. The number of nitro groups is 1. The molecule has 0 radical (unpaired) electrons. The second-order valence-electron chi connectivity index (χ2n) is 4.28. The van der Waals surface area contributed by atoms with E-state index in [4.69, 9.17) is 11.6 Å². The highest BCUT2D eigenvalue weighted by atomic mass is 35.5. The molecule has 0 saturated heterocycles. The molecule has 7 heteroatoms. The maximum atomic E-state index is 11.9. The Bertz CT molecular complexity index is 686. The number of carbonyl (C=O) groups excluding carboxylic acids is 1. The van der Waals surface area contributed by atoms with Crippen molar-refractivity contribution in [2.24, 2.45) is 0 Å². The number of phenolic OH excluding ortho intramolecular Hbond substituents is 1. The van der Waals surface area contributed by atoms with Gasteiger partial charge >= 0.3 is 0 Å². The van der Waals surface area contributed by atoms with E-state index in [2.05, 4.69) is 5.32 Å². The molecule has 0 aromatic heterocycles. The summed E-state index contributed by atoms with van der Waals surface area (Å²) in [5.41, 5.74) is 0.135. The van der Waals surface area contributed by atoms with Gasteiger partial charge in [-0.05, 0) is 23.8 Å².